The number of hydrogen-bond acceptors (Lipinski definition) is 10. The van der Waals surface area contributed by atoms with E-state index in [4.69, 9.17) is 9.47 Å². The molecule has 0 aromatic carbocycles. The summed E-state index contributed by atoms with van der Waals surface area (Å²) >= 11 is 0. The maximum atomic E-state index is 13.9. The average Bonchev–Trinajstić information content (AvgIpc) is 3.57. The van der Waals surface area contributed by atoms with Crippen LogP contribution in [0.3, 0.4) is 0 Å². The summed E-state index contributed by atoms with van der Waals surface area (Å²) in [5, 5.41) is 63.4. The van der Waals surface area contributed by atoms with Crippen LogP contribution in [0.15, 0.2) is 11.6 Å². The number of aliphatic hydroxyl groups is 6. The van der Waals surface area contributed by atoms with E-state index in [9.17, 15) is 40.2 Å². The molecule has 0 aromatic heterocycles. The quantitative estimate of drug-likeness (QED) is 0.228. The first kappa shape index (κ1) is 33.7. The highest BCUT2D eigenvalue weighted by Gasteiger charge is 2.84. The second kappa shape index (κ2) is 10.4. The molecule has 10 heteroatoms. The predicted octanol–water partition coefficient (Wildman–Crippen LogP) is 2.05. The Morgan fingerprint density at radius 3 is 2.44 bits per heavy atom. The average molecular weight is 635 g/mol. The zero-order valence-corrected chi connectivity index (χ0v) is 27.8. The second-order valence-electron chi connectivity index (χ2n) is 17.2. The molecule has 2 spiro atoms. The summed E-state index contributed by atoms with van der Waals surface area (Å²) in [6.45, 7) is 13.2. The van der Waals surface area contributed by atoms with E-state index in [0.29, 0.717) is 19.3 Å². The Bertz CT molecular complexity index is 1270. The van der Waals surface area contributed by atoms with Gasteiger partial charge >= 0.3 is 0 Å². The van der Waals surface area contributed by atoms with Gasteiger partial charge in [-0.25, -0.2) is 0 Å². The normalized spacial score (nSPS) is 50.0. The van der Waals surface area contributed by atoms with Crippen LogP contribution in [0.5, 0.6) is 0 Å². The largest absolute Gasteiger partial charge is 0.392 e. The minimum Gasteiger partial charge on any atom is -0.392 e. The lowest BCUT2D eigenvalue weighted by molar-refractivity contribution is -0.301. The molecule has 0 radical (unpaired) electrons. The maximum Gasteiger partial charge on any atom is 0.186 e. The Kier molecular flexibility index (Phi) is 7.76. The Labute approximate surface area is 266 Å². The van der Waals surface area contributed by atoms with Crippen molar-refractivity contribution in [3.8, 4) is 0 Å². The third-order valence-electron chi connectivity index (χ3n) is 14.1. The molecular weight excluding hydrogens is 580 g/mol. The van der Waals surface area contributed by atoms with Gasteiger partial charge in [0.05, 0.1) is 24.4 Å². The van der Waals surface area contributed by atoms with E-state index in [-0.39, 0.29) is 47.6 Å². The number of carbonyl (C=O) groups is 2. The van der Waals surface area contributed by atoms with Crippen LogP contribution in [0.2, 0.25) is 0 Å². The van der Waals surface area contributed by atoms with Gasteiger partial charge in [0.15, 0.2) is 12.1 Å². The smallest absolute Gasteiger partial charge is 0.186 e. The van der Waals surface area contributed by atoms with E-state index in [0.717, 1.165) is 19.3 Å². The highest BCUT2D eigenvalue weighted by atomic mass is 16.7. The monoisotopic (exact) mass is 634 g/mol. The zero-order chi connectivity index (χ0) is 33.3. The number of carbonyl (C=O) groups excluding carboxylic acids is 2. The molecule has 1 aliphatic heterocycles. The van der Waals surface area contributed by atoms with Crippen LogP contribution in [0.4, 0.5) is 0 Å². The highest BCUT2D eigenvalue weighted by Crippen LogP contribution is 2.87. The van der Waals surface area contributed by atoms with Crippen molar-refractivity contribution in [1.29, 1.82) is 0 Å². The van der Waals surface area contributed by atoms with Gasteiger partial charge < -0.3 is 40.1 Å². The van der Waals surface area contributed by atoms with E-state index < -0.39 is 70.4 Å². The van der Waals surface area contributed by atoms with Crippen LogP contribution in [-0.2, 0) is 19.1 Å². The van der Waals surface area contributed by atoms with Crippen LogP contribution < -0.4 is 0 Å². The number of Topliss-reactive ketones (excluding diaryl/α,β-unsaturated/α-hetero) is 2. The Morgan fingerprint density at radius 2 is 1.80 bits per heavy atom. The van der Waals surface area contributed by atoms with Gasteiger partial charge in [0.1, 0.15) is 30.2 Å². The zero-order valence-electron chi connectivity index (χ0n) is 27.8. The minimum atomic E-state index is -1.57. The SMILES string of the molecule is C[C@H](CC(=O)[C@H](O)C(C)(C)O)[C@H]1C(=O)C[C@@]2(C)C3=CC[C@H]4C(C)(C)[C@@H](O[C@@H]5OC[C@@H](O)[C@H](O)[C@H]5O)CC[C@@]45C[C@@]35[C@@H](O)C[C@]12C. The molecule has 254 valence electrons. The summed E-state index contributed by atoms with van der Waals surface area (Å²) in [6, 6.07) is 0. The van der Waals surface area contributed by atoms with Crippen molar-refractivity contribution >= 4 is 11.6 Å². The number of fused-ring (bicyclic) bond motifs is 2. The summed E-state index contributed by atoms with van der Waals surface area (Å²) < 4.78 is 11.9. The Balaban J connectivity index is 1.27. The number of ether oxygens (including phenoxy) is 2. The lowest BCUT2D eigenvalue weighted by Crippen LogP contribution is -2.59. The molecule has 14 atom stereocenters. The van der Waals surface area contributed by atoms with Crippen LogP contribution >= 0.6 is 0 Å². The molecule has 5 fully saturated rings. The molecule has 0 bridgehead atoms. The number of allylic oxidation sites excluding steroid dienone is 1. The van der Waals surface area contributed by atoms with Gasteiger partial charge in [0.2, 0.25) is 0 Å². The van der Waals surface area contributed by atoms with Crippen molar-refractivity contribution in [1.82, 2.24) is 0 Å². The molecule has 4 saturated carbocycles. The third-order valence-corrected chi connectivity index (χ3v) is 14.1. The maximum absolute atomic E-state index is 13.9. The molecule has 6 N–H and O–H groups in total. The molecule has 6 aliphatic rings. The van der Waals surface area contributed by atoms with Gasteiger partial charge in [0, 0.05) is 29.6 Å². The first-order valence-corrected chi connectivity index (χ1v) is 16.9. The Morgan fingerprint density at radius 1 is 1.13 bits per heavy atom. The third kappa shape index (κ3) is 4.42. The molecule has 0 aromatic rings. The van der Waals surface area contributed by atoms with E-state index in [1.165, 1.54) is 19.4 Å². The van der Waals surface area contributed by atoms with Crippen molar-refractivity contribution < 1.29 is 49.7 Å². The van der Waals surface area contributed by atoms with Crippen molar-refractivity contribution in [3.63, 3.8) is 0 Å². The molecule has 1 saturated heterocycles. The van der Waals surface area contributed by atoms with E-state index in [2.05, 4.69) is 33.8 Å². The van der Waals surface area contributed by atoms with Gasteiger partial charge in [-0.2, -0.15) is 0 Å². The lowest BCUT2D eigenvalue weighted by Gasteiger charge is -2.61. The van der Waals surface area contributed by atoms with Gasteiger partial charge in [-0.05, 0) is 74.0 Å². The minimum absolute atomic E-state index is 0.0233. The summed E-state index contributed by atoms with van der Waals surface area (Å²) in [4.78, 5) is 26.9. The van der Waals surface area contributed by atoms with Gasteiger partial charge in [-0.3, -0.25) is 9.59 Å². The molecule has 45 heavy (non-hydrogen) atoms. The Hall–Kier alpha value is -1.24. The van der Waals surface area contributed by atoms with Crippen molar-refractivity contribution in [2.75, 3.05) is 6.61 Å². The lowest BCUT2D eigenvalue weighted by atomic mass is 9.44. The topological polar surface area (TPSA) is 174 Å². The molecule has 0 unspecified atom stereocenters. The fourth-order valence-electron chi connectivity index (χ4n) is 11.6. The fourth-order valence-corrected chi connectivity index (χ4v) is 11.6. The van der Waals surface area contributed by atoms with E-state index in [1.54, 1.807) is 0 Å². The molecular formula is C35H54O10. The molecule has 10 nitrogen and oxygen atoms in total. The number of ketones is 2. The van der Waals surface area contributed by atoms with E-state index in [1.807, 2.05) is 6.92 Å². The van der Waals surface area contributed by atoms with E-state index >= 15 is 0 Å². The van der Waals surface area contributed by atoms with Crippen molar-refractivity contribution in [2.45, 2.75) is 142 Å². The van der Waals surface area contributed by atoms with Gasteiger partial charge in [0.25, 0.3) is 0 Å². The summed E-state index contributed by atoms with van der Waals surface area (Å²) in [5.41, 5.74) is -2.37. The summed E-state index contributed by atoms with van der Waals surface area (Å²) in [5.74, 6) is -1.03. The molecule has 0 amide bonds. The number of aliphatic hydroxyl groups excluding tert-OH is 5. The van der Waals surface area contributed by atoms with Crippen molar-refractivity contribution in [3.05, 3.63) is 11.6 Å². The molecule has 1 heterocycles. The second-order valence-corrected chi connectivity index (χ2v) is 17.2. The summed E-state index contributed by atoms with van der Waals surface area (Å²) in [6.07, 6.45) is -1.18. The first-order valence-electron chi connectivity index (χ1n) is 16.9. The van der Waals surface area contributed by atoms with Crippen LogP contribution in [-0.4, -0.2) is 97.3 Å². The van der Waals surface area contributed by atoms with Crippen LogP contribution in [0.25, 0.3) is 0 Å². The fraction of sp³-hybridized carbons (Fsp3) is 0.886. The standard InChI is InChI=1S/C35H54O10/c1-17(12-18(36)28(42)31(4,5)43)25-19(37)13-32(6)22-9-8-21-30(2,3)24(45-29-27(41)26(40)20(38)15-44-29)10-11-34(21)16-35(22,34)23(39)14-33(25,32)7/h9,17,20-21,23-29,38-43H,8,10-16H2,1-7H3/t17-,20-,21+,23+,24+,25+,26+,27-,28+,29+,32+,33-,34-,35+/m1/s1. The highest BCUT2D eigenvalue weighted by molar-refractivity contribution is 5.89. The van der Waals surface area contributed by atoms with Gasteiger partial charge in [-0.1, -0.05) is 46.3 Å². The predicted molar refractivity (Wildman–Crippen MR) is 162 cm³/mol. The van der Waals surface area contributed by atoms with Crippen LogP contribution in [0.1, 0.15) is 93.4 Å². The number of hydrogen-bond donors (Lipinski definition) is 6. The molecule has 6 rings (SSSR count). The van der Waals surface area contributed by atoms with Crippen molar-refractivity contribution in [2.24, 2.45) is 44.8 Å². The molecule has 5 aliphatic carbocycles. The number of rotatable bonds is 7. The first-order chi connectivity index (χ1) is 20.7. The van der Waals surface area contributed by atoms with Gasteiger partial charge in [-0.15, -0.1) is 0 Å². The van der Waals surface area contributed by atoms with Crippen LogP contribution in [0, 0.1) is 44.8 Å². The summed E-state index contributed by atoms with van der Waals surface area (Å²) in [7, 11) is 0.